The standard InChI is InChI=1S/C12H11N3O2S3/c1-7-5-12(8(2)18-7)20(16,17)15-9-3-4-10-11(6-9)14-19-13-10/h3-6,15H,1-2H3. The first kappa shape index (κ1) is 13.5. The van der Waals surface area contributed by atoms with Crippen molar-refractivity contribution in [2.45, 2.75) is 18.7 Å². The van der Waals surface area contributed by atoms with Crippen LogP contribution in [0.25, 0.3) is 11.0 Å². The van der Waals surface area contributed by atoms with Crippen molar-refractivity contribution < 1.29 is 8.42 Å². The zero-order valence-electron chi connectivity index (χ0n) is 10.7. The summed E-state index contributed by atoms with van der Waals surface area (Å²) < 4.78 is 35.5. The molecule has 3 aromatic rings. The minimum absolute atomic E-state index is 0.330. The molecular formula is C12H11N3O2S3. The van der Waals surface area contributed by atoms with Gasteiger partial charge in [0.15, 0.2) is 0 Å². The molecule has 0 bridgehead atoms. The van der Waals surface area contributed by atoms with Gasteiger partial charge in [0.05, 0.1) is 17.4 Å². The van der Waals surface area contributed by atoms with Crippen LogP contribution >= 0.6 is 23.1 Å². The summed E-state index contributed by atoms with van der Waals surface area (Å²) >= 11 is 2.58. The second-order valence-corrected chi connectivity index (χ2v) is 7.99. The fourth-order valence-electron chi connectivity index (χ4n) is 1.93. The number of anilines is 1. The van der Waals surface area contributed by atoms with E-state index in [1.165, 1.54) is 11.3 Å². The number of thiophene rings is 1. The highest BCUT2D eigenvalue weighted by atomic mass is 32.2. The van der Waals surface area contributed by atoms with Gasteiger partial charge >= 0.3 is 0 Å². The second kappa shape index (κ2) is 4.80. The van der Waals surface area contributed by atoms with Crippen LogP contribution in [-0.2, 0) is 10.0 Å². The lowest BCUT2D eigenvalue weighted by molar-refractivity contribution is 0.601. The molecule has 0 amide bonds. The average Bonchev–Trinajstić information content (AvgIpc) is 2.94. The van der Waals surface area contributed by atoms with E-state index in [4.69, 9.17) is 0 Å². The first-order valence-corrected chi connectivity index (χ1v) is 8.81. The van der Waals surface area contributed by atoms with Crippen molar-refractivity contribution in [3.05, 3.63) is 34.0 Å². The van der Waals surface area contributed by atoms with Crippen LogP contribution in [0.5, 0.6) is 0 Å². The van der Waals surface area contributed by atoms with Gasteiger partial charge in [0, 0.05) is 9.75 Å². The number of aryl methyl sites for hydroxylation is 2. The Balaban J connectivity index is 1.98. The summed E-state index contributed by atoms with van der Waals surface area (Å²) in [6.45, 7) is 3.70. The Morgan fingerprint density at radius 1 is 1.10 bits per heavy atom. The Bertz CT molecular complexity index is 880. The molecule has 20 heavy (non-hydrogen) atoms. The topological polar surface area (TPSA) is 72.0 Å². The number of sulfonamides is 1. The molecule has 0 atom stereocenters. The number of benzene rings is 1. The molecule has 3 rings (SSSR count). The van der Waals surface area contributed by atoms with Gasteiger partial charge in [0.2, 0.25) is 0 Å². The third-order valence-electron chi connectivity index (χ3n) is 2.79. The lowest BCUT2D eigenvalue weighted by Crippen LogP contribution is -2.13. The lowest BCUT2D eigenvalue weighted by atomic mass is 10.3. The molecular weight excluding hydrogens is 314 g/mol. The van der Waals surface area contributed by atoms with E-state index in [1.807, 2.05) is 6.92 Å². The average molecular weight is 325 g/mol. The molecule has 0 radical (unpaired) electrons. The Morgan fingerprint density at radius 3 is 2.55 bits per heavy atom. The highest BCUT2D eigenvalue weighted by molar-refractivity contribution is 7.93. The van der Waals surface area contributed by atoms with Gasteiger partial charge in [-0.3, -0.25) is 4.72 Å². The van der Waals surface area contributed by atoms with E-state index in [0.29, 0.717) is 16.1 Å². The van der Waals surface area contributed by atoms with Crippen LogP contribution in [0.15, 0.2) is 29.2 Å². The SMILES string of the molecule is Cc1cc(S(=O)(=O)Nc2ccc3nsnc3c2)c(C)s1. The van der Waals surface area contributed by atoms with E-state index in [2.05, 4.69) is 13.5 Å². The van der Waals surface area contributed by atoms with Crippen LogP contribution in [-0.4, -0.2) is 17.2 Å². The van der Waals surface area contributed by atoms with Gasteiger partial charge in [-0.05, 0) is 38.1 Å². The van der Waals surface area contributed by atoms with Gasteiger partial charge in [-0.25, -0.2) is 8.42 Å². The fraction of sp³-hybridized carbons (Fsp3) is 0.167. The van der Waals surface area contributed by atoms with Crippen molar-refractivity contribution in [2.24, 2.45) is 0 Å². The van der Waals surface area contributed by atoms with E-state index in [0.717, 1.165) is 27.0 Å². The number of hydrogen-bond donors (Lipinski definition) is 1. The van der Waals surface area contributed by atoms with Crippen LogP contribution < -0.4 is 4.72 Å². The monoisotopic (exact) mass is 325 g/mol. The molecule has 0 aliphatic carbocycles. The Kier molecular flexibility index (Phi) is 3.23. The number of hydrogen-bond acceptors (Lipinski definition) is 6. The molecule has 5 nitrogen and oxygen atoms in total. The molecule has 1 aromatic carbocycles. The molecule has 0 unspecified atom stereocenters. The van der Waals surface area contributed by atoms with Crippen molar-refractivity contribution in [1.29, 1.82) is 0 Å². The van der Waals surface area contributed by atoms with Gasteiger partial charge in [-0.2, -0.15) is 8.75 Å². The number of fused-ring (bicyclic) bond motifs is 1. The molecule has 0 saturated carbocycles. The van der Waals surface area contributed by atoms with Gasteiger partial charge in [-0.1, -0.05) is 0 Å². The summed E-state index contributed by atoms with van der Waals surface area (Å²) in [4.78, 5) is 2.09. The maximum atomic E-state index is 12.4. The van der Waals surface area contributed by atoms with Gasteiger partial charge in [0.25, 0.3) is 10.0 Å². The first-order valence-electron chi connectivity index (χ1n) is 5.78. The molecule has 0 spiro atoms. The number of nitrogens with one attached hydrogen (secondary N) is 1. The van der Waals surface area contributed by atoms with Crippen LogP contribution in [0.4, 0.5) is 5.69 Å². The first-order chi connectivity index (χ1) is 9.45. The minimum Gasteiger partial charge on any atom is -0.280 e. The minimum atomic E-state index is -3.56. The van der Waals surface area contributed by atoms with Crippen LogP contribution in [0.3, 0.4) is 0 Å². The maximum absolute atomic E-state index is 12.4. The molecule has 2 aromatic heterocycles. The van der Waals surface area contributed by atoms with E-state index < -0.39 is 10.0 Å². The van der Waals surface area contributed by atoms with Gasteiger partial charge < -0.3 is 0 Å². The van der Waals surface area contributed by atoms with Gasteiger partial charge in [-0.15, -0.1) is 11.3 Å². The van der Waals surface area contributed by atoms with E-state index in [9.17, 15) is 8.42 Å². The van der Waals surface area contributed by atoms with Crippen molar-refractivity contribution in [3.8, 4) is 0 Å². The lowest BCUT2D eigenvalue weighted by Gasteiger charge is -2.07. The summed E-state index contributed by atoms with van der Waals surface area (Å²) in [5.41, 5.74) is 1.95. The Hall–Kier alpha value is -1.51. The molecule has 0 saturated heterocycles. The largest absolute Gasteiger partial charge is 0.280 e. The van der Waals surface area contributed by atoms with Crippen LogP contribution in [0.1, 0.15) is 9.75 Å². The third-order valence-corrected chi connectivity index (χ3v) is 5.95. The predicted molar refractivity (Wildman–Crippen MR) is 82.0 cm³/mol. The smallest absolute Gasteiger partial charge is 0.263 e. The highest BCUT2D eigenvalue weighted by Crippen LogP contribution is 2.27. The predicted octanol–water partition coefficient (Wildman–Crippen LogP) is 3.17. The Labute approximate surface area is 124 Å². The molecule has 0 fully saturated rings. The molecule has 8 heteroatoms. The van der Waals surface area contributed by atoms with Crippen molar-refractivity contribution in [1.82, 2.24) is 8.75 Å². The third kappa shape index (κ3) is 2.41. The van der Waals surface area contributed by atoms with Crippen molar-refractivity contribution in [3.63, 3.8) is 0 Å². The maximum Gasteiger partial charge on any atom is 0.263 e. The molecule has 2 heterocycles. The van der Waals surface area contributed by atoms with E-state index in [-0.39, 0.29) is 0 Å². The molecule has 104 valence electrons. The summed E-state index contributed by atoms with van der Waals surface area (Å²) in [7, 11) is -3.56. The van der Waals surface area contributed by atoms with Crippen molar-refractivity contribution >= 4 is 49.8 Å². The van der Waals surface area contributed by atoms with E-state index in [1.54, 1.807) is 31.2 Å². The normalized spacial score (nSPS) is 11.9. The quantitative estimate of drug-likeness (QED) is 0.803. The molecule has 0 aliphatic rings. The fourth-order valence-corrected chi connectivity index (χ4v) is 5.05. The summed E-state index contributed by atoms with van der Waals surface area (Å²) in [5, 5.41) is 0. The summed E-state index contributed by atoms with van der Waals surface area (Å²) in [6, 6.07) is 6.81. The second-order valence-electron chi connectivity index (χ2n) is 4.35. The summed E-state index contributed by atoms with van der Waals surface area (Å²) in [5.74, 6) is 0. The van der Waals surface area contributed by atoms with Crippen LogP contribution in [0.2, 0.25) is 0 Å². The number of aromatic nitrogens is 2. The van der Waals surface area contributed by atoms with Gasteiger partial charge in [0.1, 0.15) is 15.9 Å². The zero-order valence-corrected chi connectivity index (χ0v) is 13.2. The zero-order chi connectivity index (χ0) is 14.3. The molecule has 1 N–H and O–H groups in total. The summed E-state index contributed by atoms with van der Waals surface area (Å²) in [6.07, 6.45) is 0. The highest BCUT2D eigenvalue weighted by Gasteiger charge is 2.19. The molecule has 0 aliphatic heterocycles. The number of rotatable bonds is 3. The number of nitrogens with zero attached hydrogens (tertiary/aromatic N) is 2. The van der Waals surface area contributed by atoms with Crippen LogP contribution in [0, 0.1) is 13.8 Å². The van der Waals surface area contributed by atoms with E-state index >= 15 is 0 Å². The van der Waals surface area contributed by atoms with Crippen molar-refractivity contribution in [2.75, 3.05) is 4.72 Å². The Morgan fingerprint density at radius 2 is 1.85 bits per heavy atom.